The van der Waals surface area contributed by atoms with Gasteiger partial charge in [0, 0.05) is 12.0 Å². The van der Waals surface area contributed by atoms with Crippen molar-refractivity contribution in [3.63, 3.8) is 0 Å². The van der Waals surface area contributed by atoms with Crippen LogP contribution in [0.5, 0.6) is 0 Å². The van der Waals surface area contributed by atoms with Crippen LogP contribution in [0.3, 0.4) is 0 Å². The van der Waals surface area contributed by atoms with E-state index in [2.05, 4.69) is 0 Å². The molecule has 0 aromatic heterocycles. The van der Waals surface area contributed by atoms with Crippen LogP contribution in [0.15, 0.2) is 0 Å². The van der Waals surface area contributed by atoms with E-state index in [1.165, 1.54) is 4.90 Å². The number of aliphatic hydroxyl groups is 2. The van der Waals surface area contributed by atoms with Crippen molar-refractivity contribution >= 4 is 0 Å². The molecule has 0 heterocycles. The number of halogens is 3. The Morgan fingerprint density at radius 1 is 1.06 bits per heavy atom. The van der Waals surface area contributed by atoms with Crippen LogP contribution in [0.25, 0.3) is 0 Å². The second-order valence-corrected chi connectivity index (χ2v) is 4.45. The molecule has 0 saturated carbocycles. The van der Waals surface area contributed by atoms with E-state index in [1.54, 1.807) is 13.8 Å². The SMILES string of the molecule is CCCN(CC(F)(F)F)CC(C)(CO)CO. The number of hydrogen-bond donors (Lipinski definition) is 2. The zero-order valence-corrected chi connectivity index (χ0v) is 9.72. The van der Waals surface area contributed by atoms with Crippen LogP contribution >= 0.6 is 0 Å². The fourth-order valence-electron chi connectivity index (χ4n) is 1.47. The van der Waals surface area contributed by atoms with Gasteiger partial charge in [-0.2, -0.15) is 13.2 Å². The molecule has 16 heavy (non-hydrogen) atoms. The van der Waals surface area contributed by atoms with E-state index in [0.29, 0.717) is 13.0 Å². The monoisotopic (exact) mass is 243 g/mol. The van der Waals surface area contributed by atoms with Gasteiger partial charge in [-0.05, 0) is 13.0 Å². The van der Waals surface area contributed by atoms with E-state index >= 15 is 0 Å². The lowest BCUT2D eigenvalue weighted by molar-refractivity contribution is -0.150. The molecule has 0 fully saturated rings. The minimum atomic E-state index is -4.25. The lowest BCUT2D eigenvalue weighted by atomic mass is 9.92. The summed E-state index contributed by atoms with van der Waals surface area (Å²) in [6.07, 6.45) is -3.65. The Morgan fingerprint density at radius 2 is 1.56 bits per heavy atom. The Kier molecular flexibility index (Phi) is 6.28. The molecule has 0 radical (unpaired) electrons. The average molecular weight is 243 g/mol. The van der Waals surface area contributed by atoms with Gasteiger partial charge in [0.25, 0.3) is 0 Å². The Morgan fingerprint density at radius 3 is 1.88 bits per heavy atom. The maximum atomic E-state index is 12.2. The summed E-state index contributed by atoms with van der Waals surface area (Å²) in [6, 6.07) is 0. The van der Waals surface area contributed by atoms with Gasteiger partial charge in [-0.15, -0.1) is 0 Å². The highest BCUT2D eigenvalue weighted by Gasteiger charge is 2.34. The summed E-state index contributed by atoms with van der Waals surface area (Å²) in [6.45, 7) is 2.02. The third-order valence-electron chi connectivity index (χ3n) is 2.31. The lowest BCUT2D eigenvalue weighted by Gasteiger charge is -2.33. The fraction of sp³-hybridized carbons (Fsp3) is 1.00. The van der Waals surface area contributed by atoms with Crippen molar-refractivity contribution in [2.24, 2.45) is 5.41 Å². The lowest BCUT2D eigenvalue weighted by Crippen LogP contribution is -2.44. The molecule has 0 bridgehead atoms. The summed E-state index contributed by atoms with van der Waals surface area (Å²) in [5.74, 6) is 0. The molecule has 0 unspecified atom stereocenters. The quantitative estimate of drug-likeness (QED) is 0.707. The standard InChI is InChI=1S/C10H20F3NO2/c1-3-4-14(6-10(11,12)13)5-9(2,7-15)8-16/h15-16H,3-8H2,1-2H3. The van der Waals surface area contributed by atoms with Gasteiger partial charge < -0.3 is 10.2 Å². The van der Waals surface area contributed by atoms with Crippen molar-refractivity contribution in [3.8, 4) is 0 Å². The van der Waals surface area contributed by atoms with Crippen LogP contribution in [0.2, 0.25) is 0 Å². The van der Waals surface area contributed by atoms with Crippen LogP contribution in [0, 0.1) is 5.41 Å². The molecule has 0 aliphatic heterocycles. The number of hydrogen-bond acceptors (Lipinski definition) is 3. The molecule has 0 saturated heterocycles. The van der Waals surface area contributed by atoms with Gasteiger partial charge in [0.05, 0.1) is 19.8 Å². The summed E-state index contributed by atoms with van der Waals surface area (Å²) in [5.41, 5.74) is -0.888. The van der Waals surface area contributed by atoms with Crippen LogP contribution in [-0.4, -0.2) is 54.1 Å². The van der Waals surface area contributed by atoms with Crippen LogP contribution in [-0.2, 0) is 0 Å². The number of rotatable bonds is 7. The maximum absolute atomic E-state index is 12.2. The summed E-state index contributed by atoms with van der Waals surface area (Å²) in [5, 5.41) is 18.1. The topological polar surface area (TPSA) is 43.7 Å². The first-order valence-corrected chi connectivity index (χ1v) is 5.27. The summed E-state index contributed by atoms with van der Waals surface area (Å²) >= 11 is 0. The second-order valence-electron chi connectivity index (χ2n) is 4.45. The number of nitrogens with zero attached hydrogens (tertiary/aromatic N) is 1. The Labute approximate surface area is 93.9 Å². The van der Waals surface area contributed by atoms with Gasteiger partial charge in [0.2, 0.25) is 0 Å². The zero-order valence-electron chi connectivity index (χ0n) is 9.72. The summed E-state index contributed by atoms with van der Waals surface area (Å²) in [7, 11) is 0. The molecular weight excluding hydrogens is 223 g/mol. The van der Waals surface area contributed by atoms with E-state index in [1.807, 2.05) is 0 Å². The Bertz CT molecular complexity index is 193. The molecule has 0 amide bonds. The highest BCUT2D eigenvalue weighted by molar-refractivity contribution is 4.78. The fourth-order valence-corrected chi connectivity index (χ4v) is 1.47. The van der Waals surface area contributed by atoms with Crippen molar-refractivity contribution in [1.82, 2.24) is 4.90 Å². The molecule has 2 N–H and O–H groups in total. The first-order chi connectivity index (χ1) is 7.26. The van der Waals surface area contributed by atoms with Gasteiger partial charge in [-0.3, -0.25) is 4.90 Å². The van der Waals surface area contributed by atoms with E-state index in [-0.39, 0.29) is 19.8 Å². The molecule has 0 spiro atoms. The molecule has 98 valence electrons. The molecule has 3 nitrogen and oxygen atoms in total. The largest absolute Gasteiger partial charge is 0.401 e. The first-order valence-electron chi connectivity index (χ1n) is 5.27. The predicted molar refractivity (Wildman–Crippen MR) is 55.1 cm³/mol. The van der Waals surface area contributed by atoms with Gasteiger partial charge >= 0.3 is 6.18 Å². The zero-order chi connectivity index (χ0) is 12.8. The molecule has 0 aliphatic carbocycles. The molecule has 0 aliphatic rings. The van der Waals surface area contributed by atoms with Gasteiger partial charge in [0.15, 0.2) is 0 Å². The molecule has 0 aromatic rings. The third kappa shape index (κ3) is 6.30. The van der Waals surface area contributed by atoms with E-state index < -0.39 is 18.1 Å². The minimum absolute atomic E-state index is 0.0351. The van der Waals surface area contributed by atoms with Crippen molar-refractivity contribution in [1.29, 1.82) is 0 Å². The normalized spacial score (nSPS) is 13.5. The highest BCUT2D eigenvalue weighted by atomic mass is 19.4. The smallest absolute Gasteiger partial charge is 0.396 e. The highest BCUT2D eigenvalue weighted by Crippen LogP contribution is 2.21. The van der Waals surface area contributed by atoms with Crippen molar-refractivity contribution in [2.45, 2.75) is 26.4 Å². The van der Waals surface area contributed by atoms with Crippen LogP contribution < -0.4 is 0 Å². The minimum Gasteiger partial charge on any atom is -0.396 e. The second kappa shape index (κ2) is 6.42. The predicted octanol–water partition coefficient (Wildman–Crippen LogP) is 1.25. The van der Waals surface area contributed by atoms with Gasteiger partial charge in [0.1, 0.15) is 0 Å². The van der Waals surface area contributed by atoms with Crippen LogP contribution in [0.1, 0.15) is 20.3 Å². The summed E-state index contributed by atoms with van der Waals surface area (Å²) in [4.78, 5) is 1.21. The van der Waals surface area contributed by atoms with Crippen molar-refractivity contribution < 1.29 is 23.4 Å². The van der Waals surface area contributed by atoms with E-state index in [4.69, 9.17) is 10.2 Å². The van der Waals surface area contributed by atoms with E-state index in [0.717, 1.165) is 0 Å². The molecular formula is C10H20F3NO2. The van der Waals surface area contributed by atoms with Gasteiger partial charge in [-0.1, -0.05) is 13.8 Å². The molecule has 6 heteroatoms. The average Bonchev–Trinajstić information content (AvgIpc) is 2.15. The molecule has 0 rings (SSSR count). The number of alkyl halides is 3. The number of aliphatic hydroxyl groups excluding tert-OH is 2. The van der Waals surface area contributed by atoms with Crippen molar-refractivity contribution in [2.75, 3.05) is 32.8 Å². The van der Waals surface area contributed by atoms with Crippen molar-refractivity contribution in [3.05, 3.63) is 0 Å². The first kappa shape index (κ1) is 15.7. The molecule has 0 atom stereocenters. The Hall–Kier alpha value is -0.330. The Balaban J connectivity index is 4.43. The summed E-state index contributed by atoms with van der Waals surface area (Å²) < 4.78 is 36.7. The molecule has 0 aromatic carbocycles. The van der Waals surface area contributed by atoms with E-state index in [9.17, 15) is 13.2 Å². The van der Waals surface area contributed by atoms with Crippen LogP contribution in [0.4, 0.5) is 13.2 Å². The maximum Gasteiger partial charge on any atom is 0.401 e. The van der Waals surface area contributed by atoms with Gasteiger partial charge in [-0.25, -0.2) is 0 Å². The third-order valence-corrected chi connectivity index (χ3v) is 2.31.